The van der Waals surface area contributed by atoms with Crippen molar-refractivity contribution < 1.29 is 18.7 Å². The number of benzene rings is 2. The zero-order valence-corrected chi connectivity index (χ0v) is 19.3. The summed E-state index contributed by atoms with van der Waals surface area (Å²) in [5.74, 6) is -1.71. The number of aromatic nitrogens is 2. The second-order valence-electron chi connectivity index (χ2n) is 7.93. The van der Waals surface area contributed by atoms with Crippen molar-refractivity contribution in [3.8, 4) is 0 Å². The minimum absolute atomic E-state index is 0.0244. The molecule has 10 heteroatoms. The van der Waals surface area contributed by atoms with Crippen LogP contribution in [0.15, 0.2) is 67.0 Å². The Hall–Kier alpha value is -3.79. The van der Waals surface area contributed by atoms with E-state index in [1.807, 2.05) is 6.07 Å². The zero-order valence-electron chi connectivity index (χ0n) is 18.5. The highest BCUT2D eigenvalue weighted by atomic mass is 35.5. The minimum Gasteiger partial charge on any atom is -0.379 e. The van der Waals surface area contributed by atoms with Gasteiger partial charge in [0.25, 0.3) is 11.8 Å². The topological polar surface area (TPSA) is 90.6 Å². The van der Waals surface area contributed by atoms with Gasteiger partial charge in [0.15, 0.2) is 0 Å². The van der Waals surface area contributed by atoms with E-state index in [-0.39, 0.29) is 16.3 Å². The standard InChI is InChI=1S/C25H21ClFN5O3/c26-20-14-21(27)22(13-19(20)24(33)30-18-12-17-6-7-28-23(17)29-15-18)32(31-8-10-35-11-9-31)25(34)16-4-2-1-3-5-16/h1-7,12-15H,8-11H2,(H,28,29)(H,30,33). The molecule has 1 aliphatic heterocycles. The van der Waals surface area contributed by atoms with E-state index < -0.39 is 17.6 Å². The van der Waals surface area contributed by atoms with Crippen LogP contribution in [0.5, 0.6) is 0 Å². The Bertz CT molecular complexity index is 1390. The van der Waals surface area contributed by atoms with E-state index in [0.717, 1.165) is 11.5 Å². The third-order valence-corrected chi connectivity index (χ3v) is 5.96. The number of halogens is 2. The van der Waals surface area contributed by atoms with Crippen LogP contribution >= 0.6 is 11.6 Å². The number of nitrogens with one attached hydrogen (secondary N) is 2. The average molecular weight is 494 g/mol. The number of H-pyrrole nitrogens is 1. The number of fused-ring (bicyclic) bond motifs is 1. The molecule has 2 aromatic carbocycles. The molecule has 5 rings (SSSR count). The van der Waals surface area contributed by atoms with Crippen molar-refractivity contribution in [3.63, 3.8) is 0 Å². The average Bonchev–Trinajstić information content (AvgIpc) is 3.34. The number of amides is 2. The Kier molecular flexibility index (Phi) is 6.45. The summed E-state index contributed by atoms with van der Waals surface area (Å²) in [4.78, 5) is 33.8. The Morgan fingerprint density at radius 1 is 1.11 bits per heavy atom. The van der Waals surface area contributed by atoms with Gasteiger partial charge in [0.05, 0.1) is 41.4 Å². The number of aromatic amines is 1. The number of hydrogen-bond donors (Lipinski definition) is 2. The van der Waals surface area contributed by atoms with Gasteiger partial charge in [-0.25, -0.2) is 19.4 Å². The summed E-state index contributed by atoms with van der Waals surface area (Å²) < 4.78 is 20.7. The molecule has 1 saturated heterocycles. The summed E-state index contributed by atoms with van der Waals surface area (Å²) in [6.45, 7) is 1.53. The largest absolute Gasteiger partial charge is 0.379 e. The third kappa shape index (κ3) is 4.74. The van der Waals surface area contributed by atoms with Gasteiger partial charge in [-0.2, -0.15) is 0 Å². The van der Waals surface area contributed by atoms with E-state index in [1.54, 1.807) is 47.6 Å². The fourth-order valence-electron chi connectivity index (χ4n) is 3.93. The molecule has 0 spiro atoms. The zero-order chi connectivity index (χ0) is 24.4. The molecule has 0 radical (unpaired) electrons. The van der Waals surface area contributed by atoms with E-state index in [1.165, 1.54) is 17.3 Å². The fourth-order valence-corrected chi connectivity index (χ4v) is 4.16. The monoisotopic (exact) mass is 493 g/mol. The van der Waals surface area contributed by atoms with E-state index in [0.29, 0.717) is 43.2 Å². The smallest absolute Gasteiger partial charge is 0.272 e. The maximum absolute atomic E-state index is 15.3. The summed E-state index contributed by atoms with van der Waals surface area (Å²) in [7, 11) is 0. The highest BCUT2D eigenvalue weighted by Gasteiger charge is 2.30. The molecule has 1 fully saturated rings. The maximum atomic E-state index is 15.3. The predicted octanol–water partition coefficient (Wildman–Crippen LogP) is 4.50. The highest BCUT2D eigenvalue weighted by molar-refractivity contribution is 6.34. The second kappa shape index (κ2) is 9.83. The molecule has 0 aliphatic carbocycles. The van der Waals surface area contributed by atoms with Crippen LogP contribution < -0.4 is 10.3 Å². The van der Waals surface area contributed by atoms with Gasteiger partial charge < -0.3 is 15.0 Å². The second-order valence-corrected chi connectivity index (χ2v) is 8.33. The Balaban J connectivity index is 1.51. The molecule has 1 aliphatic rings. The number of rotatable bonds is 5. The van der Waals surface area contributed by atoms with Gasteiger partial charge in [-0.3, -0.25) is 9.59 Å². The van der Waals surface area contributed by atoms with Crippen molar-refractivity contribution in [1.82, 2.24) is 15.0 Å². The van der Waals surface area contributed by atoms with Crippen molar-refractivity contribution in [2.24, 2.45) is 0 Å². The van der Waals surface area contributed by atoms with E-state index in [9.17, 15) is 9.59 Å². The first kappa shape index (κ1) is 23.0. The van der Waals surface area contributed by atoms with E-state index in [2.05, 4.69) is 15.3 Å². The maximum Gasteiger partial charge on any atom is 0.272 e. The highest BCUT2D eigenvalue weighted by Crippen LogP contribution is 2.30. The van der Waals surface area contributed by atoms with Gasteiger partial charge >= 0.3 is 0 Å². The number of hydrazine groups is 1. The number of pyridine rings is 1. The summed E-state index contributed by atoms with van der Waals surface area (Å²) in [5.41, 5.74) is 1.47. The molecular weight excluding hydrogens is 473 g/mol. The van der Waals surface area contributed by atoms with Crippen molar-refractivity contribution >= 4 is 45.8 Å². The predicted molar refractivity (Wildman–Crippen MR) is 131 cm³/mol. The molecule has 0 atom stereocenters. The molecule has 3 heterocycles. The Morgan fingerprint density at radius 2 is 1.89 bits per heavy atom. The van der Waals surface area contributed by atoms with Crippen LogP contribution in [0.3, 0.4) is 0 Å². The van der Waals surface area contributed by atoms with Crippen LogP contribution in [0.2, 0.25) is 5.02 Å². The van der Waals surface area contributed by atoms with Crippen molar-refractivity contribution in [1.29, 1.82) is 0 Å². The molecule has 2 amide bonds. The van der Waals surface area contributed by atoms with Crippen molar-refractivity contribution in [2.75, 3.05) is 36.6 Å². The summed E-state index contributed by atoms with van der Waals surface area (Å²) in [6, 6.07) is 14.5. The first-order valence-corrected chi connectivity index (χ1v) is 11.3. The van der Waals surface area contributed by atoms with Crippen LogP contribution in [0.4, 0.5) is 15.8 Å². The molecule has 2 aromatic heterocycles. The Morgan fingerprint density at radius 3 is 2.66 bits per heavy atom. The SMILES string of the molecule is O=C(Nc1cnc2[nH]ccc2c1)c1cc(N(C(=O)c2ccccc2)N2CCOCC2)c(F)cc1Cl. The lowest BCUT2D eigenvalue weighted by atomic mass is 10.1. The molecule has 0 unspecified atom stereocenters. The van der Waals surface area contributed by atoms with Crippen LogP contribution in [0.25, 0.3) is 11.0 Å². The number of carbonyl (C=O) groups excluding carboxylic acids is 2. The summed E-state index contributed by atoms with van der Waals surface area (Å²) >= 11 is 6.27. The Labute approximate surface area is 205 Å². The van der Waals surface area contributed by atoms with Crippen LogP contribution in [-0.2, 0) is 4.74 Å². The first-order chi connectivity index (χ1) is 17.0. The lowest BCUT2D eigenvalue weighted by molar-refractivity contribution is 0.0297. The molecule has 35 heavy (non-hydrogen) atoms. The fraction of sp³-hybridized carbons (Fsp3) is 0.160. The molecule has 0 saturated carbocycles. The van der Waals surface area contributed by atoms with Crippen LogP contribution in [0.1, 0.15) is 20.7 Å². The molecular formula is C25H21ClFN5O3. The third-order valence-electron chi connectivity index (χ3n) is 5.65. The lowest BCUT2D eigenvalue weighted by Gasteiger charge is -2.37. The van der Waals surface area contributed by atoms with Gasteiger partial charge in [-0.1, -0.05) is 29.8 Å². The quantitative estimate of drug-likeness (QED) is 0.427. The normalized spacial score (nSPS) is 14.1. The van der Waals surface area contributed by atoms with E-state index in [4.69, 9.17) is 16.3 Å². The first-order valence-electron chi connectivity index (χ1n) is 11.0. The number of ether oxygens (including phenoxy) is 1. The number of hydrogen-bond acceptors (Lipinski definition) is 5. The van der Waals surface area contributed by atoms with Crippen molar-refractivity contribution in [3.05, 3.63) is 89.0 Å². The number of anilines is 2. The van der Waals surface area contributed by atoms with Gasteiger partial charge in [-0.15, -0.1) is 0 Å². The number of nitrogens with zero attached hydrogens (tertiary/aromatic N) is 3. The lowest BCUT2D eigenvalue weighted by Crippen LogP contribution is -2.52. The number of carbonyl (C=O) groups is 2. The van der Waals surface area contributed by atoms with E-state index >= 15 is 4.39 Å². The van der Waals surface area contributed by atoms with Crippen LogP contribution in [0, 0.1) is 5.82 Å². The van der Waals surface area contributed by atoms with Crippen LogP contribution in [-0.4, -0.2) is 53.1 Å². The van der Waals surface area contributed by atoms with Gasteiger partial charge in [-0.05, 0) is 36.4 Å². The minimum atomic E-state index is -0.724. The molecule has 4 aromatic rings. The van der Waals surface area contributed by atoms with Gasteiger partial charge in [0.2, 0.25) is 0 Å². The van der Waals surface area contributed by atoms with Gasteiger partial charge in [0, 0.05) is 30.2 Å². The summed E-state index contributed by atoms with van der Waals surface area (Å²) in [6.07, 6.45) is 3.25. The molecule has 2 N–H and O–H groups in total. The summed E-state index contributed by atoms with van der Waals surface area (Å²) in [5, 5.41) is 6.45. The molecule has 8 nitrogen and oxygen atoms in total. The number of morpholine rings is 1. The molecule has 178 valence electrons. The van der Waals surface area contributed by atoms with Crippen molar-refractivity contribution in [2.45, 2.75) is 0 Å². The molecule has 0 bridgehead atoms. The van der Waals surface area contributed by atoms with Gasteiger partial charge in [0.1, 0.15) is 11.5 Å².